The quantitative estimate of drug-likeness (QED) is 0.326. The number of aromatic nitrogens is 1. The first-order valence-corrected chi connectivity index (χ1v) is 12.4. The molecule has 0 spiro atoms. The van der Waals surface area contributed by atoms with Crippen LogP contribution in [-0.4, -0.2) is 40.2 Å². The summed E-state index contributed by atoms with van der Waals surface area (Å²) < 4.78 is 6.04. The molecule has 2 aromatic carbocycles. The Hall–Kier alpha value is -2.54. The molecule has 3 heterocycles. The minimum absolute atomic E-state index is 0. The van der Waals surface area contributed by atoms with Gasteiger partial charge in [-0.1, -0.05) is 25.1 Å². The lowest BCUT2D eigenvalue weighted by atomic mass is 9.94. The third-order valence-electron chi connectivity index (χ3n) is 6.85. The molecule has 5 rings (SSSR count). The van der Waals surface area contributed by atoms with E-state index in [2.05, 4.69) is 64.8 Å². The summed E-state index contributed by atoms with van der Waals surface area (Å²) in [5.41, 5.74) is 5.76. The lowest BCUT2D eigenvalue weighted by molar-refractivity contribution is 0.218. The van der Waals surface area contributed by atoms with Crippen molar-refractivity contribution in [2.45, 2.75) is 51.7 Å². The summed E-state index contributed by atoms with van der Waals surface area (Å²) in [6.07, 6.45) is 9.44. The van der Waals surface area contributed by atoms with Crippen molar-refractivity contribution in [3.05, 3.63) is 60.3 Å². The Labute approximate surface area is 213 Å². The number of nitrogens with one attached hydrogen (secondary N) is 3. The van der Waals surface area contributed by atoms with Gasteiger partial charge in [0.15, 0.2) is 5.11 Å². The molecule has 2 unspecified atom stereocenters. The van der Waals surface area contributed by atoms with E-state index in [-0.39, 0.29) is 18.5 Å². The van der Waals surface area contributed by atoms with Gasteiger partial charge in [-0.05, 0) is 87.3 Å². The van der Waals surface area contributed by atoms with E-state index in [1.54, 1.807) is 0 Å². The maximum absolute atomic E-state index is 6.04. The first kappa shape index (κ1) is 24.6. The van der Waals surface area contributed by atoms with E-state index < -0.39 is 0 Å². The van der Waals surface area contributed by atoms with Gasteiger partial charge in [0.2, 0.25) is 0 Å². The number of hydrogen-bond acceptors (Lipinski definition) is 3. The fraction of sp³-hybridized carbons (Fsp3) is 0.370. The number of ether oxygens (including phenoxy) is 1. The van der Waals surface area contributed by atoms with E-state index in [4.69, 9.17) is 17.0 Å². The second-order valence-electron chi connectivity index (χ2n) is 9.10. The van der Waals surface area contributed by atoms with Crippen LogP contribution < -0.4 is 15.4 Å². The molecule has 2 aliphatic rings. The Bertz CT molecular complexity index is 1190. The largest absolute Gasteiger partial charge is 0.489 e. The predicted molar refractivity (Wildman–Crippen MR) is 149 cm³/mol. The van der Waals surface area contributed by atoms with Gasteiger partial charge in [-0.3, -0.25) is 4.90 Å². The smallest absolute Gasteiger partial charge is 0.175 e. The summed E-state index contributed by atoms with van der Waals surface area (Å²) in [4.78, 5) is 6.06. The van der Waals surface area contributed by atoms with Crippen molar-refractivity contribution in [1.82, 2.24) is 9.88 Å². The normalized spacial score (nSPS) is 18.5. The molecular formula is C27H33ClN4OS. The summed E-state index contributed by atoms with van der Waals surface area (Å²) in [6.45, 7) is 6.50. The molecule has 180 valence electrons. The highest BCUT2D eigenvalue weighted by Crippen LogP contribution is 2.36. The molecule has 0 radical (unpaired) electrons. The molecule has 5 nitrogen and oxygen atoms in total. The van der Waals surface area contributed by atoms with Gasteiger partial charge in [-0.2, -0.15) is 0 Å². The van der Waals surface area contributed by atoms with Crippen LogP contribution in [0, 0.1) is 0 Å². The summed E-state index contributed by atoms with van der Waals surface area (Å²) in [5, 5.41) is 8.44. The average molecular weight is 497 g/mol. The van der Waals surface area contributed by atoms with Gasteiger partial charge in [0.05, 0.1) is 11.8 Å². The van der Waals surface area contributed by atoms with Crippen LogP contribution in [-0.2, 0) is 0 Å². The molecule has 7 heteroatoms. The van der Waals surface area contributed by atoms with E-state index in [9.17, 15) is 0 Å². The van der Waals surface area contributed by atoms with E-state index in [1.165, 1.54) is 35.9 Å². The molecule has 2 aliphatic heterocycles. The molecule has 0 aliphatic carbocycles. The number of halogens is 1. The van der Waals surface area contributed by atoms with Crippen molar-refractivity contribution in [2.24, 2.45) is 0 Å². The summed E-state index contributed by atoms with van der Waals surface area (Å²) in [5.74, 6) is 0.810. The number of thiocarbonyl (C=S) groups is 1. The predicted octanol–water partition coefficient (Wildman–Crippen LogP) is 6.83. The number of nitrogens with zero attached hydrogens (tertiary/aromatic N) is 1. The van der Waals surface area contributed by atoms with Gasteiger partial charge in [0, 0.05) is 40.9 Å². The Morgan fingerprint density at radius 3 is 2.94 bits per heavy atom. The molecule has 1 saturated heterocycles. The Balaban J connectivity index is 0.00000274. The minimum Gasteiger partial charge on any atom is -0.489 e. The highest BCUT2D eigenvalue weighted by atomic mass is 35.5. The second-order valence-corrected chi connectivity index (χ2v) is 9.51. The fourth-order valence-electron chi connectivity index (χ4n) is 4.87. The topological polar surface area (TPSA) is 52.3 Å². The van der Waals surface area contributed by atoms with Crippen LogP contribution in [0.4, 0.5) is 11.4 Å². The number of benzene rings is 2. The number of para-hydroxylation sites is 2. The van der Waals surface area contributed by atoms with E-state index in [1.807, 2.05) is 24.3 Å². The van der Waals surface area contributed by atoms with E-state index in [0.717, 1.165) is 42.0 Å². The number of rotatable bonds is 6. The van der Waals surface area contributed by atoms with Crippen molar-refractivity contribution in [2.75, 3.05) is 23.7 Å². The van der Waals surface area contributed by atoms with Crippen molar-refractivity contribution in [3.8, 4) is 5.75 Å². The molecule has 0 amide bonds. The first-order valence-electron chi connectivity index (χ1n) is 12.0. The highest BCUT2D eigenvalue weighted by molar-refractivity contribution is 7.80. The number of anilines is 2. The molecule has 0 bridgehead atoms. The van der Waals surface area contributed by atoms with Gasteiger partial charge >= 0.3 is 0 Å². The Kier molecular flexibility index (Phi) is 7.81. The van der Waals surface area contributed by atoms with Crippen LogP contribution in [0.25, 0.3) is 16.5 Å². The van der Waals surface area contributed by atoms with Crippen LogP contribution in [0.1, 0.15) is 45.1 Å². The third kappa shape index (κ3) is 5.24. The second kappa shape index (κ2) is 10.8. The SMILES string of the molecule is CCC(C)Oc1ccccc1NC(=S)Nc1ccc2[nH]cc(C3=CCN4CCCC4C3)c2c1.Cl. The van der Waals surface area contributed by atoms with Crippen molar-refractivity contribution in [3.63, 3.8) is 0 Å². The number of H-pyrrole nitrogens is 1. The maximum Gasteiger partial charge on any atom is 0.175 e. The number of hydrogen-bond donors (Lipinski definition) is 3. The van der Waals surface area contributed by atoms with Crippen LogP contribution in [0.3, 0.4) is 0 Å². The van der Waals surface area contributed by atoms with Gasteiger partial charge in [0.1, 0.15) is 5.75 Å². The summed E-state index contributed by atoms with van der Waals surface area (Å²) >= 11 is 5.63. The highest BCUT2D eigenvalue weighted by Gasteiger charge is 2.28. The van der Waals surface area contributed by atoms with Crippen LogP contribution in [0.15, 0.2) is 54.7 Å². The Morgan fingerprint density at radius 2 is 2.09 bits per heavy atom. The maximum atomic E-state index is 6.04. The van der Waals surface area contributed by atoms with Gasteiger partial charge in [-0.15, -0.1) is 12.4 Å². The number of fused-ring (bicyclic) bond motifs is 2. The molecule has 34 heavy (non-hydrogen) atoms. The monoisotopic (exact) mass is 496 g/mol. The van der Waals surface area contributed by atoms with Crippen LogP contribution >= 0.6 is 24.6 Å². The zero-order chi connectivity index (χ0) is 22.8. The standard InChI is InChI=1S/C27H32N4OS.ClH/c1-3-18(2)32-26-9-5-4-8-25(26)30-27(33)29-20-10-11-24-22(16-20)23(17-28-24)19-12-14-31-13-6-7-21(31)15-19;/h4-5,8-12,16-18,21,28H,3,6-7,13-15H2,1-2H3,(H2,29,30,33);1H. The molecular weight excluding hydrogens is 464 g/mol. The molecule has 2 atom stereocenters. The lowest BCUT2D eigenvalue weighted by Gasteiger charge is -2.29. The minimum atomic E-state index is 0. The fourth-order valence-corrected chi connectivity index (χ4v) is 5.10. The summed E-state index contributed by atoms with van der Waals surface area (Å²) in [6, 6.07) is 15.0. The summed E-state index contributed by atoms with van der Waals surface area (Å²) in [7, 11) is 0. The molecule has 1 aromatic heterocycles. The van der Waals surface area contributed by atoms with Crippen LogP contribution in [0.5, 0.6) is 5.75 Å². The van der Waals surface area contributed by atoms with E-state index >= 15 is 0 Å². The van der Waals surface area contributed by atoms with Crippen LogP contribution in [0.2, 0.25) is 0 Å². The average Bonchev–Trinajstić information content (AvgIpc) is 3.46. The van der Waals surface area contributed by atoms with Crippen molar-refractivity contribution < 1.29 is 4.74 Å². The molecule has 1 fully saturated rings. The Morgan fingerprint density at radius 1 is 1.24 bits per heavy atom. The van der Waals surface area contributed by atoms with Crippen molar-refractivity contribution in [1.29, 1.82) is 0 Å². The zero-order valence-electron chi connectivity index (χ0n) is 19.8. The third-order valence-corrected chi connectivity index (χ3v) is 7.05. The lowest BCUT2D eigenvalue weighted by Crippen LogP contribution is -2.32. The first-order chi connectivity index (χ1) is 16.1. The number of aromatic amines is 1. The van der Waals surface area contributed by atoms with E-state index in [0.29, 0.717) is 11.2 Å². The van der Waals surface area contributed by atoms with Crippen molar-refractivity contribution >= 4 is 57.6 Å². The molecule has 0 saturated carbocycles. The zero-order valence-corrected chi connectivity index (χ0v) is 21.4. The van der Waals surface area contributed by atoms with Gasteiger partial charge in [0.25, 0.3) is 0 Å². The molecule has 3 aromatic rings. The van der Waals surface area contributed by atoms with Gasteiger partial charge < -0.3 is 20.4 Å². The van der Waals surface area contributed by atoms with Gasteiger partial charge in [-0.25, -0.2) is 0 Å². The molecule has 3 N–H and O–H groups in total.